The van der Waals surface area contributed by atoms with Crippen LogP contribution in [-0.2, 0) is 13.0 Å². The second-order valence-electron chi connectivity index (χ2n) is 5.61. The number of aromatic nitrogens is 1. The van der Waals surface area contributed by atoms with Gasteiger partial charge in [0.15, 0.2) is 11.9 Å². The van der Waals surface area contributed by atoms with E-state index >= 15 is 0 Å². The van der Waals surface area contributed by atoms with Gasteiger partial charge < -0.3 is 15.0 Å². The number of hydrogen-bond donors (Lipinski definition) is 2. The van der Waals surface area contributed by atoms with E-state index in [0.29, 0.717) is 5.13 Å². The summed E-state index contributed by atoms with van der Waals surface area (Å²) in [4.78, 5) is 19.8. The number of hydrogen-bond acceptors (Lipinski definition) is 5. The average Bonchev–Trinajstić information content (AvgIpc) is 2.90. The molecule has 3 rings (SSSR count). The lowest BCUT2D eigenvalue weighted by Gasteiger charge is -2.20. The Bertz CT molecular complexity index is 684. The molecule has 0 atom stereocenters. The molecule has 0 radical (unpaired) electrons. The highest BCUT2D eigenvalue weighted by molar-refractivity contribution is 7.15. The first-order chi connectivity index (χ1) is 11.1. The van der Waals surface area contributed by atoms with Gasteiger partial charge in [-0.25, -0.2) is 9.78 Å². The standard InChI is InChI=1S/C16H20N4O2S/c1-11-3-5-12(6-4-11)22-10-17-15(21)19-16-18-13-7-8-20(2)9-14(13)23-16/h3-6H,7-10H2,1-2H3,(H2,17,18,19,21). The zero-order valence-electron chi connectivity index (χ0n) is 13.3. The highest BCUT2D eigenvalue weighted by atomic mass is 32.1. The Morgan fingerprint density at radius 2 is 2.17 bits per heavy atom. The van der Waals surface area contributed by atoms with Crippen molar-refractivity contribution in [3.63, 3.8) is 0 Å². The number of carbonyl (C=O) groups is 1. The molecule has 2 aromatic rings. The number of thiazole rings is 1. The molecule has 122 valence electrons. The first-order valence-electron chi connectivity index (χ1n) is 7.51. The quantitative estimate of drug-likeness (QED) is 0.845. The number of carbonyl (C=O) groups excluding carboxylic acids is 1. The summed E-state index contributed by atoms with van der Waals surface area (Å²) in [5.41, 5.74) is 2.26. The van der Waals surface area contributed by atoms with Crippen molar-refractivity contribution in [1.82, 2.24) is 15.2 Å². The number of amides is 2. The number of nitrogens with zero attached hydrogens (tertiary/aromatic N) is 2. The number of nitrogens with one attached hydrogen (secondary N) is 2. The van der Waals surface area contributed by atoms with E-state index in [-0.39, 0.29) is 12.8 Å². The van der Waals surface area contributed by atoms with Gasteiger partial charge >= 0.3 is 6.03 Å². The monoisotopic (exact) mass is 332 g/mol. The van der Waals surface area contributed by atoms with E-state index < -0.39 is 0 Å². The molecule has 2 amide bonds. The van der Waals surface area contributed by atoms with Crippen molar-refractivity contribution in [2.45, 2.75) is 19.9 Å². The minimum atomic E-state index is -0.309. The Morgan fingerprint density at radius 3 is 2.96 bits per heavy atom. The van der Waals surface area contributed by atoms with Gasteiger partial charge in [-0.05, 0) is 26.1 Å². The van der Waals surface area contributed by atoms with E-state index in [4.69, 9.17) is 4.74 Å². The van der Waals surface area contributed by atoms with E-state index in [1.54, 1.807) is 0 Å². The molecule has 0 saturated carbocycles. The summed E-state index contributed by atoms with van der Waals surface area (Å²) in [7, 11) is 2.09. The van der Waals surface area contributed by atoms with Crippen molar-refractivity contribution in [3.05, 3.63) is 40.4 Å². The summed E-state index contributed by atoms with van der Waals surface area (Å²) in [6.07, 6.45) is 0.933. The third-order valence-corrected chi connectivity index (χ3v) is 4.63. The normalized spacial score (nSPS) is 14.2. The number of benzene rings is 1. The lowest BCUT2D eigenvalue weighted by molar-refractivity contribution is 0.234. The van der Waals surface area contributed by atoms with Crippen molar-refractivity contribution in [1.29, 1.82) is 0 Å². The molecular formula is C16H20N4O2S. The summed E-state index contributed by atoms with van der Waals surface area (Å²) in [5.74, 6) is 0.726. The molecule has 0 bridgehead atoms. The molecule has 0 spiro atoms. The van der Waals surface area contributed by atoms with Crippen LogP contribution in [0, 0.1) is 6.92 Å². The number of urea groups is 1. The predicted octanol–water partition coefficient (Wildman–Crippen LogP) is 2.60. The average molecular weight is 332 g/mol. The maximum Gasteiger partial charge on any atom is 0.323 e. The maximum absolute atomic E-state index is 11.9. The van der Waals surface area contributed by atoms with Gasteiger partial charge in [-0.15, -0.1) is 11.3 Å². The van der Waals surface area contributed by atoms with E-state index in [1.807, 2.05) is 31.2 Å². The van der Waals surface area contributed by atoms with Gasteiger partial charge in [-0.3, -0.25) is 5.32 Å². The lowest BCUT2D eigenvalue weighted by atomic mass is 10.2. The van der Waals surface area contributed by atoms with Gasteiger partial charge in [0.05, 0.1) is 5.69 Å². The van der Waals surface area contributed by atoms with Gasteiger partial charge in [-0.2, -0.15) is 0 Å². The van der Waals surface area contributed by atoms with Crippen LogP contribution in [0.2, 0.25) is 0 Å². The molecule has 0 unspecified atom stereocenters. The van der Waals surface area contributed by atoms with Crippen LogP contribution in [0.5, 0.6) is 5.75 Å². The summed E-state index contributed by atoms with van der Waals surface area (Å²) >= 11 is 1.53. The molecule has 1 aromatic heterocycles. The first kappa shape index (κ1) is 15.8. The van der Waals surface area contributed by atoms with Crippen LogP contribution in [0.3, 0.4) is 0 Å². The van der Waals surface area contributed by atoms with Gasteiger partial charge in [0.2, 0.25) is 0 Å². The third-order valence-electron chi connectivity index (χ3n) is 3.64. The molecule has 1 aliphatic rings. The van der Waals surface area contributed by atoms with Crippen LogP contribution in [0.4, 0.5) is 9.93 Å². The van der Waals surface area contributed by atoms with Crippen LogP contribution < -0.4 is 15.4 Å². The Labute approximate surface area is 139 Å². The smallest absolute Gasteiger partial charge is 0.323 e. The van der Waals surface area contributed by atoms with Crippen molar-refractivity contribution in [2.75, 3.05) is 25.6 Å². The van der Waals surface area contributed by atoms with Crippen molar-refractivity contribution < 1.29 is 9.53 Å². The second kappa shape index (κ2) is 6.97. The largest absolute Gasteiger partial charge is 0.473 e. The SMILES string of the molecule is Cc1ccc(OCNC(=O)Nc2nc3c(s2)CN(C)CC3)cc1. The summed E-state index contributed by atoms with van der Waals surface area (Å²) < 4.78 is 5.47. The number of anilines is 1. The molecule has 0 saturated heterocycles. The number of likely N-dealkylation sites (N-methyl/N-ethyl adjacent to an activating group) is 1. The van der Waals surface area contributed by atoms with Crippen LogP contribution in [0.25, 0.3) is 0 Å². The Balaban J connectivity index is 1.47. The van der Waals surface area contributed by atoms with Gasteiger partial charge in [0.1, 0.15) is 5.75 Å². The molecular weight excluding hydrogens is 312 g/mol. The second-order valence-corrected chi connectivity index (χ2v) is 6.69. The van der Waals surface area contributed by atoms with Crippen molar-refractivity contribution in [3.8, 4) is 5.75 Å². The summed E-state index contributed by atoms with van der Waals surface area (Å²) in [6, 6.07) is 7.37. The third kappa shape index (κ3) is 4.20. The fraction of sp³-hybridized carbons (Fsp3) is 0.375. The highest BCUT2D eigenvalue weighted by Crippen LogP contribution is 2.27. The van der Waals surface area contributed by atoms with Crippen LogP contribution in [0.15, 0.2) is 24.3 Å². The lowest BCUT2D eigenvalue weighted by Crippen LogP contribution is -2.32. The van der Waals surface area contributed by atoms with Gasteiger partial charge in [0.25, 0.3) is 0 Å². The molecule has 0 fully saturated rings. The fourth-order valence-electron chi connectivity index (χ4n) is 2.34. The number of fused-ring (bicyclic) bond motifs is 1. The van der Waals surface area contributed by atoms with E-state index in [9.17, 15) is 4.79 Å². The van der Waals surface area contributed by atoms with Crippen LogP contribution >= 0.6 is 11.3 Å². The number of aryl methyl sites for hydroxylation is 1. The summed E-state index contributed by atoms with van der Waals surface area (Å²) in [5, 5.41) is 6.07. The minimum absolute atomic E-state index is 0.114. The fourth-order valence-corrected chi connectivity index (χ4v) is 3.42. The van der Waals surface area contributed by atoms with Gasteiger partial charge in [-0.1, -0.05) is 17.7 Å². The molecule has 6 nitrogen and oxygen atoms in total. The zero-order valence-corrected chi connectivity index (χ0v) is 14.1. The molecule has 23 heavy (non-hydrogen) atoms. The van der Waals surface area contributed by atoms with Gasteiger partial charge in [0, 0.05) is 24.4 Å². The van der Waals surface area contributed by atoms with E-state index in [2.05, 4.69) is 27.6 Å². The van der Waals surface area contributed by atoms with E-state index in [1.165, 1.54) is 21.8 Å². The van der Waals surface area contributed by atoms with Crippen molar-refractivity contribution in [2.24, 2.45) is 0 Å². The molecule has 7 heteroatoms. The number of ether oxygens (including phenoxy) is 1. The minimum Gasteiger partial charge on any atom is -0.473 e. The molecule has 1 aromatic carbocycles. The Hall–Kier alpha value is -2.12. The maximum atomic E-state index is 11.9. The number of rotatable bonds is 4. The molecule has 2 N–H and O–H groups in total. The summed E-state index contributed by atoms with van der Waals surface area (Å²) in [6.45, 7) is 4.03. The van der Waals surface area contributed by atoms with Crippen LogP contribution in [-0.4, -0.2) is 36.2 Å². The molecule has 2 heterocycles. The Morgan fingerprint density at radius 1 is 1.39 bits per heavy atom. The zero-order chi connectivity index (χ0) is 16.2. The highest BCUT2D eigenvalue weighted by Gasteiger charge is 2.18. The topological polar surface area (TPSA) is 66.5 Å². The first-order valence-corrected chi connectivity index (χ1v) is 8.33. The predicted molar refractivity (Wildman–Crippen MR) is 91.0 cm³/mol. The van der Waals surface area contributed by atoms with Crippen molar-refractivity contribution >= 4 is 22.5 Å². The molecule has 1 aliphatic heterocycles. The van der Waals surface area contributed by atoms with Crippen LogP contribution in [0.1, 0.15) is 16.1 Å². The molecule has 0 aliphatic carbocycles. The Kier molecular flexibility index (Phi) is 4.78. The van der Waals surface area contributed by atoms with E-state index in [0.717, 1.165) is 31.0 Å².